The van der Waals surface area contributed by atoms with E-state index in [1.165, 1.54) is 0 Å². The molecule has 0 aliphatic heterocycles. The van der Waals surface area contributed by atoms with Crippen molar-refractivity contribution in [3.63, 3.8) is 0 Å². The molecule has 0 aliphatic rings. The maximum atomic E-state index is 12.0. The molecule has 3 N–H and O–H groups in total. The van der Waals surface area contributed by atoms with Crippen molar-refractivity contribution in [1.82, 2.24) is 10.6 Å². The van der Waals surface area contributed by atoms with Gasteiger partial charge < -0.3 is 20.5 Å². The summed E-state index contributed by atoms with van der Waals surface area (Å²) in [4.78, 5) is 33.8. The first-order chi connectivity index (χ1) is 11.2. The molecule has 0 aliphatic carbocycles. The van der Waals surface area contributed by atoms with Crippen molar-refractivity contribution in [3.05, 3.63) is 35.4 Å². The molecular formula is C17H24N2O5. The first-order valence-electron chi connectivity index (χ1n) is 7.65. The minimum atomic E-state index is -1.06. The van der Waals surface area contributed by atoms with Crippen molar-refractivity contribution in [2.45, 2.75) is 26.2 Å². The first kappa shape index (κ1) is 19.6. The Balaban J connectivity index is 2.32. The summed E-state index contributed by atoms with van der Waals surface area (Å²) < 4.78 is 4.78. The van der Waals surface area contributed by atoms with Crippen LogP contribution in [0.3, 0.4) is 0 Å². The topological polar surface area (TPSA) is 105 Å². The van der Waals surface area contributed by atoms with Gasteiger partial charge in [0.05, 0.1) is 13.2 Å². The fraction of sp³-hybridized carbons (Fsp3) is 0.471. The standard InChI is InChI=1S/C17H24N2O5/c1-17(2,3)13-6-4-12(5-7-13)16(23)19-10-14(20)18-8-9-24-11-15(21)22/h4-7H,8-11H2,1-3H3,(H,18,20)(H,19,23)(H,21,22). The highest BCUT2D eigenvalue weighted by Crippen LogP contribution is 2.22. The van der Waals surface area contributed by atoms with E-state index in [1.807, 2.05) is 12.1 Å². The molecule has 0 heterocycles. The molecule has 7 heteroatoms. The Morgan fingerprint density at radius 3 is 2.25 bits per heavy atom. The fourth-order valence-corrected chi connectivity index (χ4v) is 1.87. The van der Waals surface area contributed by atoms with Gasteiger partial charge in [-0.05, 0) is 23.1 Å². The van der Waals surface area contributed by atoms with Gasteiger partial charge in [0.1, 0.15) is 6.61 Å². The average molecular weight is 336 g/mol. The van der Waals surface area contributed by atoms with Crippen LogP contribution in [0.4, 0.5) is 0 Å². The van der Waals surface area contributed by atoms with Crippen molar-refractivity contribution < 1.29 is 24.2 Å². The highest BCUT2D eigenvalue weighted by atomic mass is 16.5. The van der Waals surface area contributed by atoms with Crippen molar-refractivity contribution in [3.8, 4) is 0 Å². The third kappa shape index (κ3) is 7.23. The molecule has 0 fully saturated rings. The smallest absolute Gasteiger partial charge is 0.329 e. The monoisotopic (exact) mass is 336 g/mol. The molecule has 0 spiro atoms. The molecule has 0 saturated heterocycles. The maximum Gasteiger partial charge on any atom is 0.329 e. The molecule has 0 radical (unpaired) electrons. The molecule has 0 atom stereocenters. The van der Waals surface area contributed by atoms with E-state index in [0.29, 0.717) is 5.56 Å². The highest BCUT2D eigenvalue weighted by molar-refractivity contribution is 5.96. The van der Waals surface area contributed by atoms with E-state index in [0.717, 1.165) is 5.56 Å². The van der Waals surface area contributed by atoms with Gasteiger partial charge in [-0.3, -0.25) is 9.59 Å². The number of carboxylic acid groups (broad SMARTS) is 1. The van der Waals surface area contributed by atoms with Crippen LogP contribution in [0.1, 0.15) is 36.7 Å². The number of amides is 2. The second-order valence-corrected chi connectivity index (χ2v) is 6.31. The van der Waals surface area contributed by atoms with Crippen molar-refractivity contribution in [2.75, 3.05) is 26.3 Å². The number of aliphatic carboxylic acids is 1. The zero-order chi connectivity index (χ0) is 18.2. The number of nitrogens with one attached hydrogen (secondary N) is 2. The van der Waals surface area contributed by atoms with Crippen LogP contribution in [-0.2, 0) is 19.7 Å². The molecule has 1 aromatic rings. The molecule has 0 saturated carbocycles. The van der Waals surface area contributed by atoms with Crippen LogP contribution in [0.5, 0.6) is 0 Å². The van der Waals surface area contributed by atoms with E-state index >= 15 is 0 Å². The van der Waals surface area contributed by atoms with Crippen LogP contribution in [0.25, 0.3) is 0 Å². The summed E-state index contributed by atoms with van der Waals surface area (Å²) in [5, 5.41) is 13.4. The number of hydrogen-bond donors (Lipinski definition) is 3. The van der Waals surface area contributed by atoms with Gasteiger partial charge in [-0.15, -0.1) is 0 Å². The summed E-state index contributed by atoms with van der Waals surface area (Å²) in [6.45, 7) is 5.99. The Hall–Kier alpha value is -2.41. The third-order valence-corrected chi connectivity index (χ3v) is 3.22. The zero-order valence-electron chi connectivity index (χ0n) is 14.2. The zero-order valence-corrected chi connectivity index (χ0v) is 14.2. The second-order valence-electron chi connectivity index (χ2n) is 6.31. The van der Waals surface area contributed by atoms with Crippen LogP contribution in [0.15, 0.2) is 24.3 Å². The molecule has 132 valence electrons. The maximum absolute atomic E-state index is 12.0. The van der Waals surface area contributed by atoms with Gasteiger partial charge in [-0.1, -0.05) is 32.9 Å². The summed E-state index contributed by atoms with van der Waals surface area (Å²) in [6, 6.07) is 7.25. The van der Waals surface area contributed by atoms with E-state index in [9.17, 15) is 14.4 Å². The predicted octanol–water partition coefficient (Wildman–Crippen LogP) is 0.931. The number of hydrogen-bond acceptors (Lipinski definition) is 4. The fourth-order valence-electron chi connectivity index (χ4n) is 1.87. The summed E-state index contributed by atoms with van der Waals surface area (Å²) in [5.41, 5.74) is 1.62. The molecule has 1 aromatic carbocycles. The Morgan fingerprint density at radius 2 is 1.71 bits per heavy atom. The third-order valence-electron chi connectivity index (χ3n) is 3.22. The summed E-state index contributed by atoms with van der Waals surface area (Å²) in [5.74, 6) is -1.76. The number of benzene rings is 1. The van der Waals surface area contributed by atoms with Crippen LogP contribution in [0.2, 0.25) is 0 Å². The molecule has 7 nitrogen and oxygen atoms in total. The van der Waals surface area contributed by atoms with Crippen molar-refractivity contribution in [1.29, 1.82) is 0 Å². The van der Waals surface area contributed by atoms with Crippen LogP contribution in [-0.4, -0.2) is 49.2 Å². The van der Waals surface area contributed by atoms with Gasteiger partial charge in [0, 0.05) is 12.1 Å². The molecule has 0 unspecified atom stereocenters. The summed E-state index contributed by atoms with van der Waals surface area (Å²) in [7, 11) is 0. The Labute approximate surface area is 141 Å². The van der Waals surface area contributed by atoms with Gasteiger partial charge in [-0.2, -0.15) is 0 Å². The van der Waals surface area contributed by atoms with E-state index in [2.05, 4.69) is 31.4 Å². The van der Waals surface area contributed by atoms with Crippen molar-refractivity contribution in [2.24, 2.45) is 0 Å². The molecule has 0 aromatic heterocycles. The van der Waals surface area contributed by atoms with Crippen LogP contribution < -0.4 is 10.6 Å². The van der Waals surface area contributed by atoms with Crippen LogP contribution in [0, 0.1) is 0 Å². The first-order valence-corrected chi connectivity index (χ1v) is 7.65. The van der Waals surface area contributed by atoms with Crippen LogP contribution >= 0.6 is 0 Å². The average Bonchev–Trinajstić information content (AvgIpc) is 2.51. The minimum Gasteiger partial charge on any atom is -0.480 e. The Bertz CT molecular complexity index is 576. The number of carboxylic acids is 1. The highest BCUT2D eigenvalue weighted by Gasteiger charge is 2.14. The minimum absolute atomic E-state index is 0.0115. The quantitative estimate of drug-likeness (QED) is 0.613. The number of carbonyl (C=O) groups excluding carboxylic acids is 2. The van der Waals surface area contributed by atoms with E-state index < -0.39 is 12.6 Å². The van der Waals surface area contributed by atoms with E-state index in [1.54, 1.807) is 12.1 Å². The lowest BCUT2D eigenvalue weighted by molar-refractivity contribution is -0.142. The summed E-state index contributed by atoms with van der Waals surface area (Å²) >= 11 is 0. The molecule has 1 rings (SSSR count). The molecule has 0 bridgehead atoms. The largest absolute Gasteiger partial charge is 0.480 e. The lowest BCUT2D eigenvalue weighted by Crippen LogP contribution is -2.38. The van der Waals surface area contributed by atoms with E-state index in [-0.39, 0.29) is 36.9 Å². The summed E-state index contributed by atoms with van der Waals surface area (Å²) in [6.07, 6.45) is 0. The Morgan fingerprint density at radius 1 is 1.08 bits per heavy atom. The molecule has 24 heavy (non-hydrogen) atoms. The number of ether oxygens (including phenoxy) is 1. The van der Waals surface area contributed by atoms with Gasteiger partial charge >= 0.3 is 5.97 Å². The van der Waals surface area contributed by atoms with Crippen molar-refractivity contribution >= 4 is 17.8 Å². The number of carbonyl (C=O) groups is 3. The lowest BCUT2D eigenvalue weighted by Gasteiger charge is -2.19. The lowest BCUT2D eigenvalue weighted by atomic mass is 9.87. The molecule has 2 amide bonds. The number of rotatable bonds is 8. The van der Waals surface area contributed by atoms with Gasteiger partial charge in [0.15, 0.2) is 0 Å². The second kappa shape index (κ2) is 9.02. The Kier molecular flexibility index (Phi) is 7.38. The van der Waals surface area contributed by atoms with Gasteiger partial charge in [-0.25, -0.2) is 4.79 Å². The normalized spacial score (nSPS) is 11.0. The van der Waals surface area contributed by atoms with Gasteiger partial charge in [0.2, 0.25) is 5.91 Å². The SMILES string of the molecule is CC(C)(C)c1ccc(C(=O)NCC(=O)NCCOCC(=O)O)cc1. The van der Waals surface area contributed by atoms with Gasteiger partial charge in [0.25, 0.3) is 5.91 Å². The predicted molar refractivity (Wildman–Crippen MR) is 88.9 cm³/mol. The molecular weight excluding hydrogens is 312 g/mol. The van der Waals surface area contributed by atoms with E-state index in [4.69, 9.17) is 9.84 Å².